The molecule has 0 saturated carbocycles. The molecular weight excluding hydrogens is 252 g/mol. The van der Waals surface area contributed by atoms with Crippen LogP contribution in [0, 0.1) is 5.41 Å². The van der Waals surface area contributed by atoms with Crippen LogP contribution in [0.25, 0.3) is 0 Å². The fourth-order valence-corrected chi connectivity index (χ4v) is 1.67. The van der Waals surface area contributed by atoms with Crippen molar-refractivity contribution in [3.05, 3.63) is 0 Å². The first-order valence-corrected chi connectivity index (χ1v) is 4.81. The highest BCUT2D eigenvalue weighted by Gasteiger charge is 2.51. The van der Waals surface area contributed by atoms with E-state index in [4.69, 9.17) is 0 Å². The lowest BCUT2D eigenvalue weighted by Crippen LogP contribution is -2.44. The summed E-state index contributed by atoms with van der Waals surface area (Å²) in [7, 11) is 1.01. The van der Waals surface area contributed by atoms with Crippen LogP contribution in [0.5, 0.6) is 0 Å². The van der Waals surface area contributed by atoms with Crippen molar-refractivity contribution < 1.29 is 31.1 Å². The van der Waals surface area contributed by atoms with Crippen molar-refractivity contribution in [2.24, 2.45) is 5.41 Å². The molecule has 0 aliphatic heterocycles. The molecule has 0 rings (SSSR count). The van der Waals surface area contributed by atoms with Crippen LogP contribution in [0.15, 0.2) is 0 Å². The van der Waals surface area contributed by atoms with Crippen LogP contribution < -0.4 is 5.32 Å². The van der Waals surface area contributed by atoms with Gasteiger partial charge in [-0.1, -0.05) is 6.92 Å². The van der Waals surface area contributed by atoms with Gasteiger partial charge >= 0.3 is 12.4 Å². The van der Waals surface area contributed by atoms with E-state index in [0.29, 0.717) is 0 Å². The fraction of sp³-hybridized carbons (Fsp3) is 0.889. The molecule has 0 unspecified atom stereocenters. The molecule has 0 heterocycles. The minimum absolute atomic E-state index is 0.536. The summed E-state index contributed by atoms with van der Waals surface area (Å²) >= 11 is 0. The Morgan fingerprint density at radius 1 is 1.00 bits per heavy atom. The Kier molecular flexibility index (Phi) is 4.85. The van der Waals surface area contributed by atoms with Crippen LogP contribution in [-0.4, -0.2) is 25.3 Å². The lowest BCUT2D eigenvalue weighted by Gasteiger charge is -2.32. The van der Waals surface area contributed by atoms with Crippen molar-refractivity contribution in [3.63, 3.8) is 0 Å². The summed E-state index contributed by atoms with van der Waals surface area (Å²) in [6.45, 7) is 1.13. The zero-order chi connectivity index (χ0) is 13.9. The normalized spacial score (nSPS) is 13.6. The molecule has 0 aliphatic rings. The van der Waals surface area contributed by atoms with E-state index >= 15 is 0 Å². The van der Waals surface area contributed by atoms with Crippen LogP contribution in [0.3, 0.4) is 0 Å². The largest absolute Gasteiger partial charge is 0.390 e. The van der Waals surface area contributed by atoms with Crippen LogP contribution in [0.1, 0.15) is 26.2 Å². The number of amides is 1. The average Bonchev–Trinajstić information content (AvgIpc) is 2.10. The highest BCUT2D eigenvalue weighted by Crippen LogP contribution is 2.44. The predicted octanol–water partition coefficient (Wildman–Crippen LogP) is 3.03. The van der Waals surface area contributed by atoms with Gasteiger partial charge in [0.05, 0.1) is 18.3 Å². The number of nitrogens with one attached hydrogen (secondary N) is 1. The van der Waals surface area contributed by atoms with Gasteiger partial charge in [-0.3, -0.25) is 4.79 Å². The van der Waals surface area contributed by atoms with Crippen molar-refractivity contribution in [1.29, 1.82) is 0 Å². The van der Waals surface area contributed by atoms with Crippen molar-refractivity contribution >= 4 is 5.91 Å². The van der Waals surface area contributed by atoms with Crippen molar-refractivity contribution in [1.82, 2.24) is 5.32 Å². The summed E-state index contributed by atoms with van der Waals surface area (Å²) in [5, 5.41) is 1.86. The molecule has 0 aromatic carbocycles. The predicted molar refractivity (Wildman–Crippen MR) is 48.1 cm³/mol. The molecule has 102 valence electrons. The quantitative estimate of drug-likeness (QED) is 0.778. The van der Waals surface area contributed by atoms with E-state index in [1.165, 1.54) is 0 Å². The second-order valence-corrected chi connectivity index (χ2v) is 3.80. The number of rotatable bonds is 4. The minimum atomic E-state index is -4.83. The molecule has 0 aliphatic carbocycles. The van der Waals surface area contributed by atoms with Gasteiger partial charge in [0, 0.05) is 7.05 Å². The maximum absolute atomic E-state index is 12.3. The summed E-state index contributed by atoms with van der Waals surface area (Å²) in [4.78, 5) is 11.3. The molecule has 0 fully saturated rings. The Bertz CT molecular complexity index is 254. The van der Waals surface area contributed by atoms with Crippen LogP contribution in [0.4, 0.5) is 26.3 Å². The Hall–Kier alpha value is -0.950. The van der Waals surface area contributed by atoms with E-state index in [1.54, 1.807) is 0 Å². The Labute approximate surface area is 94.4 Å². The summed E-state index contributed by atoms with van der Waals surface area (Å²) in [6.07, 6.45) is -13.8. The monoisotopic (exact) mass is 265 g/mol. The van der Waals surface area contributed by atoms with Crippen LogP contribution in [0.2, 0.25) is 0 Å². The first-order valence-electron chi connectivity index (χ1n) is 4.81. The highest BCUT2D eigenvalue weighted by molar-refractivity contribution is 5.82. The van der Waals surface area contributed by atoms with E-state index in [2.05, 4.69) is 0 Å². The number of carbonyl (C=O) groups is 1. The van der Waals surface area contributed by atoms with Gasteiger partial charge in [-0.05, 0) is 6.42 Å². The third kappa shape index (κ3) is 5.27. The van der Waals surface area contributed by atoms with Crippen molar-refractivity contribution in [2.75, 3.05) is 7.05 Å². The molecule has 1 amide bonds. The standard InChI is InChI=1S/C9H13F6NO/c1-3-7(6(17)16-2,4-8(10,11)12)5-9(13,14)15/h3-5H2,1-2H3,(H,16,17). The Morgan fingerprint density at radius 3 is 1.53 bits per heavy atom. The number of alkyl halides is 6. The zero-order valence-corrected chi connectivity index (χ0v) is 9.30. The van der Waals surface area contributed by atoms with Gasteiger partial charge in [-0.2, -0.15) is 26.3 Å². The number of carbonyl (C=O) groups excluding carboxylic acids is 1. The van der Waals surface area contributed by atoms with Gasteiger partial charge in [0.2, 0.25) is 5.91 Å². The molecule has 2 nitrogen and oxygen atoms in total. The summed E-state index contributed by atoms with van der Waals surface area (Å²) < 4.78 is 73.6. The highest BCUT2D eigenvalue weighted by atomic mass is 19.4. The van der Waals surface area contributed by atoms with E-state index in [1.807, 2.05) is 5.32 Å². The van der Waals surface area contributed by atoms with Gasteiger partial charge < -0.3 is 5.32 Å². The molecule has 0 bridgehead atoms. The molecular formula is C9H13F6NO. The third-order valence-electron chi connectivity index (χ3n) is 2.46. The summed E-state index contributed by atoms with van der Waals surface area (Å²) in [5.74, 6) is -1.24. The number of hydrogen-bond acceptors (Lipinski definition) is 1. The molecule has 17 heavy (non-hydrogen) atoms. The zero-order valence-electron chi connectivity index (χ0n) is 9.30. The lowest BCUT2D eigenvalue weighted by molar-refractivity contribution is -0.199. The summed E-state index contributed by atoms with van der Waals surface area (Å²) in [6, 6.07) is 0. The molecule has 8 heteroatoms. The smallest absolute Gasteiger partial charge is 0.359 e. The SMILES string of the molecule is CCC(CC(F)(F)F)(CC(F)(F)F)C(=O)NC. The van der Waals surface area contributed by atoms with E-state index in [-0.39, 0.29) is 0 Å². The summed E-state index contributed by atoms with van der Waals surface area (Å²) in [5.41, 5.74) is -2.48. The molecule has 0 atom stereocenters. The molecule has 1 N–H and O–H groups in total. The first kappa shape index (κ1) is 16.1. The van der Waals surface area contributed by atoms with Crippen LogP contribution >= 0.6 is 0 Å². The maximum Gasteiger partial charge on any atom is 0.390 e. The van der Waals surface area contributed by atoms with Crippen molar-refractivity contribution in [2.45, 2.75) is 38.5 Å². The van der Waals surface area contributed by atoms with Gasteiger partial charge in [0.1, 0.15) is 0 Å². The fourth-order valence-electron chi connectivity index (χ4n) is 1.67. The van der Waals surface area contributed by atoms with Crippen LogP contribution in [-0.2, 0) is 4.79 Å². The number of hydrogen-bond donors (Lipinski definition) is 1. The van der Waals surface area contributed by atoms with E-state index in [0.717, 1.165) is 14.0 Å². The van der Waals surface area contributed by atoms with Crippen molar-refractivity contribution in [3.8, 4) is 0 Å². The molecule has 0 radical (unpaired) electrons. The molecule has 0 spiro atoms. The van der Waals surface area contributed by atoms with Gasteiger partial charge in [-0.25, -0.2) is 0 Å². The van der Waals surface area contributed by atoms with Gasteiger partial charge in [0.15, 0.2) is 0 Å². The minimum Gasteiger partial charge on any atom is -0.359 e. The Morgan fingerprint density at radius 2 is 1.35 bits per heavy atom. The maximum atomic E-state index is 12.3. The van der Waals surface area contributed by atoms with Gasteiger partial charge in [0.25, 0.3) is 0 Å². The molecule has 0 aromatic heterocycles. The van der Waals surface area contributed by atoms with E-state index < -0.39 is 42.9 Å². The topological polar surface area (TPSA) is 29.1 Å². The second-order valence-electron chi connectivity index (χ2n) is 3.80. The lowest BCUT2D eigenvalue weighted by atomic mass is 9.77. The molecule has 0 aromatic rings. The Balaban J connectivity index is 5.23. The molecule has 0 saturated heterocycles. The third-order valence-corrected chi connectivity index (χ3v) is 2.46. The first-order chi connectivity index (χ1) is 7.46. The number of halogens is 6. The van der Waals surface area contributed by atoms with Gasteiger partial charge in [-0.15, -0.1) is 0 Å². The second kappa shape index (κ2) is 5.14. The average molecular weight is 265 g/mol. The van der Waals surface area contributed by atoms with E-state index in [9.17, 15) is 31.1 Å².